The maximum Gasteiger partial charge on any atom is 0.202 e. The maximum absolute atomic E-state index is 5.04. The molecule has 0 aliphatic heterocycles. The van der Waals surface area contributed by atoms with Gasteiger partial charge in [0.2, 0.25) is 5.95 Å². The van der Waals surface area contributed by atoms with E-state index < -0.39 is 0 Å². The summed E-state index contributed by atoms with van der Waals surface area (Å²) in [5.74, 6) is 0.990. The molecule has 1 aromatic rings. The first kappa shape index (κ1) is 16.0. The third-order valence-corrected chi connectivity index (χ3v) is 3.28. The molecular formula is C15H29N3O. The summed E-state index contributed by atoms with van der Waals surface area (Å²) in [5.41, 5.74) is 0. The monoisotopic (exact) mass is 267 g/mol. The van der Waals surface area contributed by atoms with Gasteiger partial charge in [0, 0.05) is 39.2 Å². The SMILES string of the molecule is CCCCCCCCn1ccnc1NCCCOC. The Morgan fingerprint density at radius 3 is 2.74 bits per heavy atom. The van der Waals surface area contributed by atoms with E-state index in [0.29, 0.717) is 0 Å². The first-order valence-electron chi connectivity index (χ1n) is 7.62. The summed E-state index contributed by atoms with van der Waals surface area (Å²) < 4.78 is 7.25. The molecule has 0 aliphatic carbocycles. The highest BCUT2D eigenvalue weighted by Gasteiger charge is 2.01. The number of rotatable bonds is 12. The van der Waals surface area contributed by atoms with E-state index in [1.165, 1.54) is 38.5 Å². The highest BCUT2D eigenvalue weighted by atomic mass is 16.5. The lowest BCUT2D eigenvalue weighted by Crippen LogP contribution is -2.10. The third-order valence-electron chi connectivity index (χ3n) is 3.28. The molecule has 0 fully saturated rings. The molecule has 1 aromatic heterocycles. The molecule has 0 radical (unpaired) electrons. The lowest BCUT2D eigenvalue weighted by molar-refractivity contribution is 0.197. The highest BCUT2D eigenvalue weighted by molar-refractivity contribution is 5.25. The Bertz CT molecular complexity index is 312. The lowest BCUT2D eigenvalue weighted by atomic mass is 10.1. The predicted molar refractivity (Wildman–Crippen MR) is 80.6 cm³/mol. The normalized spacial score (nSPS) is 10.8. The number of aromatic nitrogens is 2. The molecule has 0 aromatic carbocycles. The van der Waals surface area contributed by atoms with Gasteiger partial charge in [-0.2, -0.15) is 0 Å². The van der Waals surface area contributed by atoms with Crippen LogP contribution in [0.1, 0.15) is 51.9 Å². The molecule has 0 bridgehead atoms. The van der Waals surface area contributed by atoms with Crippen LogP contribution in [0.4, 0.5) is 5.95 Å². The Morgan fingerprint density at radius 2 is 1.95 bits per heavy atom. The van der Waals surface area contributed by atoms with Crippen molar-refractivity contribution < 1.29 is 4.74 Å². The molecule has 4 nitrogen and oxygen atoms in total. The van der Waals surface area contributed by atoms with Crippen molar-refractivity contribution in [3.8, 4) is 0 Å². The van der Waals surface area contributed by atoms with Gasteiger partial charge in [-0.25, -0.2) is 4.98 Å². The first-order chi connectivity index (χ1) is 9.38. The molecule has 1 N–H and O–H groups in total. The van der Waals surface area contributed by atoms with Gasteiger partial charge in [-0.1, -0.05) is 39.0 Å². The molecule has 4 heteroatoms. The molecule has 0 unspecified atom stereocenters. The maximum atomic E-state index is 5.04. The fourth-order valence-corrected chi connectivity index (χ4v) is 2.14. The third kappa shape index (κ3) is 7.21. The van der Waals surface area contributed by atoms with Crippen LogP contribution in [0.2, 0.25) is 0 Å². The van der Waals surface area contributed by atoms with Crippen molar-refractivity contribution in [1.82, 2.24) is 9.55 Å². The molecule has 1 heterocycles. The van der Waals surface area contributed by atoms with Crippen molar-refractivity contribution >= 4 is 5.95 Å². The van der Waals surface area contributed by atoms with E-state index in [-0.39, 0.29) is 0 Å². The van der Waals surface area contributed by atoms with Gasteiger partial charge in [0.1, 0.15) is 0 Å². The molecule has 0 aliphatic rings. The number of methoxy groups -OCH3 is 1. The van der Waals surface area contributed by atoms with Crippen molar-refractivity contribution in [3.05, 3.63) is 12.4 Å². The van der Waals surface area contributed by atoms with Gasteiger partial charge in [-0.15, -0.1) is 0 Å². The van der Waals surface area contributed by atoms with E-state index in [2.05, 4.69) is 28.0 Å². The number of hydrogen-bond donors (Lipinski definition) is 1. The van der Waals surface area contributed by atoms with Gasteiger partial charge in [-0.05, 0) is 12.8 Å². The fraction of sp³-hybridized carbons (Fsp3) is 0.800. The fourth-order valence-electron chi connectivity index (χ4n) is 2.14. The lowest BCUT2D eigenvalue weighted by Gasteiger charge is -2.09. The first-order valence-corrected chi connectivity index (χ1v) is 7.62. The quantitative estimate of drug-likeness (QED) is 0.587. The predicted octanol–water partition coefficient (Wildman–Crippen LogP) is 3.69. The second-order valence-corrected chi connectivity index (χ2v) is 4.99. The Labute approximate surface area is 117 Å². The van der Waals surface area contributed by atoms with Gasteiger partial charge in [-0.3, -0.25) is 0 Å². The van der Waals surface area contributed by atoms with Crippen molar-refractivity contribution in [2.24, 2.45) is 0 Å². The number of nitrogens with one attached hydrogen (secondary N) is 1. The summed E-state index contributed by atoms with van der Waals surface area (Å²) in [4.78, 5) is 4.35. The zero-order chi connectivity index (χ0) is 13.8. The van der Waals surface area contributed by atoms with Gasteiger partial charge in [0.05, 0.1) is 0 Å². The Kier molecular flexibility index (Phi) is 9.15. The van der Waals surface area contributed by atoms with Crippen LogP contribution in [0.3, 0.4) is 0 Å². The van der Waals surface area contributed by atoms with E-state index in [9.17, 15) is 0 Å². The molecular weight excluding hydrogens is 238 g/mol. The van der Waals surface area contributed by atoms with Crippen LogP contribution in [-0.4, -0.2) is 29.8 Å². The van der Waals surface area contributed by atoms with E-state index in [4.69, 9.17) is 4.74 Å². The van der Waals surface area contributed by atoms with Gasteiger partial charge in [0.15, 0.2) is 0 Å². The molecule has 0 saturated carbocycles. The zero-order valence-electron chi connectivity index (χ0n) is 12.5. The Morgan fingerprint density at radius 1 is 1.16 bits per heavy atom. The van der Waals surface area contributed by atoms with Crippen LogP contribution < -0.4 is 5.32 Å². The average Bonchev–Trinajstić information content (AvgIpc) is 2.86. The van der Waals surface area contributed by atoms with E-state index in [0.717, 1.165) is 32.1 Å². The van der Waals surface area contributed by atoms with Crippen LogP contribution >= 0.6 is 0 Å². The summed E-state index contributed by atoms with van der Waals surface area (Å²) in [7, 11) is 1.74. The van der Waals surface area contributed by atoms with Crippen molar-refractivity contribution in [2.45, 2.75) is 58.4 Å². The molecule has 0 saturated heterocycles. The second-order valence-electron chi connectivity index (χ2n) is 4.99. The minimum atomic E-state index is 0.797. The second kappa shape index (κ2) is 10.9. The summed E-state index contributed by atoms with van der Waals surface area (Å²) in [5, 5.41) is 3.36. The summed E-state index contributed by atoms with van der Waals surface area (Å²) in [6.45, 7) is 5.04. The summed E-state index contributed by atoms with van der Waals surface area (Å²) >= 11 is 0. The molecule has 1 rings (SSSR count). The smallest absolute Gasteiger partial charge is 0.202 e. The van der Waals surface area contributed by atoms with Crippen LogP contribution in [0.5, 0.6) is 0 Å². The number of aryl methyl sites for hydroxylation is 1. The number of nitrogens with zero attached hydrogens (tertiary/aromatic N) is 2. The molecule has 0 amide bonds. The number of hydrogen-bond acceptors (Lipinski definition) is 3. The number of anilines is 1. The standard InChI is InChI=1S/C15H29N3O/c1-3-4-5-6-7-8-12-18-13-11-17-15(18)16-10-9-14-19-2/h11,13H,3-10,12,14H2,1-2H3,(H,16,17). The van der Waals surface area contributed by atoms with E-state index >= 15 is 0 Å². The minimum absolute atomic E-state index is 0.797. The number of imidazole rings is 1. The summed E-state index contributed by atoms with van der Waals surface area (Å²) in [6.07, 6.45) is 12.9. The van der Waals surface area contributed by atoms with E-state index in [1.54, 1.807) is 7.11 Å². The molecule has 0 spiro atoms. The van der Waals surface area contributed by atoms with Crippen molar-refractivity contribution in [3.63, 3.8) is 0 Å². The van der Waals surface area contributed by atoms with Crippen LogP contribution in [-0.2, 0) is 11.3 Å². The molecule has 19 heavy (non-hydrogen) atoms. The number of unbranched alkanes of at least 4 members (excludes halogenated alkanes) is 5. The van der Waals surface area contributed by atoms with Gasteiger partial charge >= 0.3 is 0 Å². The van der Waals surface area contributed by atoms with Crippen molar-refractivity contribution in [1.29, 1.82) is 0 Å². The van der Waals surface area contributed by atoms with E-state index in [1.807, 2.05) is 6.20 Å². The molecule has 0 atom stereocenters. The molecule has 110 valence electrons. The van der Waals surface area contributed by atoms with Crippen LogP contribution in [0, 0.1) is 0 Å². The van der Waals surface area contributed by atoms with Crippen LogP contribution in [0.15, 0.2) is 12.4 Å². The minimum Gasteiger partial charge on any atom is -0.385 e. The zero-order valence-corrected chi connectivity index (χ0v) is 12.5. The van der Waals surface area contributed by atoms with Gasteiger partial charge < -0.3 is 14.6 Å². The highest BCUT2D eigenvalue weighted by Crippen LogP contribution is 2.09. The largest absolute Gasteiger partial charge is 0.385 e. The Balaban J connectivity index is 2.13. The number of ether oxygens (including phenoxy) is 1. The van der Waals surface area contributed by atoms with Crippen molar-refractivity contribution in [2.75, 3.05) is 25.6 Å². The topological polar surface area (TPSA) is 39.1 Å². The van der Waals surface area contributed by atoms with Gasteiger partial charge in [0.25, 0.3) is 0 Å². The van der Waals surface area contributed by atoms with Crippen LogP contribution in [0.25, 0.3) is 0 Å². The Hall–Kier alpha value is -1.03. The summed E-state index contributed by atoms with van der Waals surface area (Å²) in [6, 6.07) is 0. The average molecular weight is 267 g/mol.